The molecule has 5 heterocycles. The van der Waals surface area contributed by atoms with E-state index in [-0.39, 0.29) is 0 Å². The molecule has 15 aromatic carbocycles. The second-order valence-electron chi connectivity index (χ2n) is 26.3. The molecule has 9 heteroatoms. The van der Waals surface area contributed by atoms with E-state index in [1.165, 1.54) is 80.7 Å². The number of rotatable bonds is 12. The monoisotopic (exact) mass is 1340 g/mol. The number of hydrogen-bond donors (Lipinski definition) is 0. The van der Waals surface area contributed by atoms with Gasteiger partial charge in [-0.05, 0) is 123 Å². The zero-order chi connectivity index (χ0) is 68.9. The van der Waals surface area contributed by atoms with Crippen LogP contribution in [0.2, 0.25) is 0 Å². The number of para-hydroxylation sites is 5. The van der Waals surface area contributed by atoms with Crippen LogP contribution in [0.5, 0.6) is 0 Å². The third-order valence-electron chi connectivity index (χ3n) is 20.3. The second-order valence-corrected chi connectivity index (χ2v) is 30.1. The van der Waals surface area contributed by atoms with E-state index in [9.17, 15) is 0 Å². The molecule has 0 radical (unpaired) electrons. The lowest BCUT2D eigenvalue weighted by Crippen LogP contribution is -2.74. The van der Waals surface area contributed by atoms with Crippen molar-refractivity contribution in [3.05, 3.63) is 388 Å². The smallest absolute Gasteiger partial charge is 0.235 e. The molecule has 0 aliphatic rings. The minimum Gasteiger partial charge on any atom is -0.309 e. The van der Waals surface area contributed by atoms with Crippen LogP contribution in [0.15, 0.2) is 388 Å². The Morgan fingerprint density at radius 3 is 1.04 bits per heavy atom. The van der Waals surface area contributed by atoms with Crippen molar-refractivity contribution in [2.75, 3.05) is 0 Å². The first kappa shape index (κ1) is 61.4. The molecule has 0 N–H and O–H groups in total. The summed E-state index contributed by atoms with van der Waals surface area (Å²) < 4.78 is 6.98. The zero-order valence-corrected chi connectivity index (χ0v) is 57.5. The van der Waals surface area contributed by atoms with Gasteiger partial charge in [-0.2, -0.15) is 0 Å². The van der Waals surface area contributed by atoms with Crippen LogP contribution in [-0.2, 0) is 0 Å². The number of nitrogens with zero attached hydrogens (tertiary/aromatic N) is 8. The highest BCUT2D eigenvalue weighted by Crippen LogP contribution is 2.40. The summed E-state index contributed by atoms with van der Waals surface area (Å²) in [5.74, 6) is 2.60. The molecular formula is C95H64N8Si. The van der Waals surface area contributed by atoms with Gasteiger partial charge in [0.25, 0.3) is 0 Å². The van der Waals surface area contributed by atoms with Crippen molar-refractivity contribution in [3.63, 3.8) is 0 Å². The Hall–Kier alpha value is -13.7. The highest BCUT2D eigenvalue weighted by Gasteiger charge is 2.42. The minimum atomic E-state index is -2.75. The molecule has 5 aromatic heterocycles. The molecule has 0 saturated carbocycles. The van der Waals surface area contributed by atoms with Gasteiger partial charge < -0.3 is 9.13 Å². The van der Waals surface area contributed by atoms with Gasteiger partial charge in [-0.15, -0.1) is 0 Å². The van der Waals surface area contributed by atoms with E-state index >= 15 is 0 Å². The van der Waals surface area contributed by atoms with E-state index in [1.807, 2.05) is 72.8 Å². The van der Waals surface area contributed by atoms with E-state index in [4.69, 9.17) is 24.9 Å². The molecule has 0 bridgehead atoms. The van der Waals surface area contributed by atoms with E-state index in [0.29, 0.717) is 23.4 Å². The van der Waals surface area contributed by atoms with E-state index in [2.05, 4.69) is 329 Å². The van der Waals surface area contributed by atoms with Gasteiger partial charge in [0.1, 0.15) is 0 Å². The Bertz CT molecular complexity index is 6410. The van der Waals surface area contributed by atoms with Crippen LogP contribution in [0.1, 0.15) is 0 Å². The van der Waals surface area contributed by atoms with Gasteiger partial charge in [-0.25, -0.2) is 24.9 Å². The number of benzene rings is 15. The quantitative estimate of drug-likeness (QED) is 0.0899. The van der Waals surface area contributed by atoms with Gasteiger partial charge in [0.2, 0.25) is 5.95 Å². The van der Waals surface area contributed by atoms with Crippen LogP contribution in [0.4, 0.5) is 0 Å². The molecule has 20 rings (SSSR count). The summed E-state index contributed by atoms with van der Waals surface area (Å²) in [6.07, 6.45) is 0. The Morgan fingerprint density at radius 1 is 0.192 bits per heavy atom. The number of hydrogen-bond acceptors (Lipinski definition) is 5. The molecule has 0 aliphatic heterocycles. The maximum absolute atomic E-state index is 5.23. The molecule has 488 valence electrons. The fourth-order valence-electron chi connectivity index (χ4n) is 15.6. The molecule has 0 spiro atoms. The molecule has 104 heavy (non-hydrogen) atoms. The average molecular weight is 1350 g/mol. The molecule has 0 fully saturated rings. The normalized spacial score (nSPS) is 11.7. The molecule has 8 nitrogen and oxygen atoms in total. The summed E-state index contributed by atoms with van der Waals surface area (Å²) in [4.78, 5) is 25.2. The van der Waals surface area contributed by atoms with Crippen molar-refractivity contribution in [1.29, 1.82) is 0 Å². The molecule has 20 aromatic rings. The molecular weight excluding hydrogens is 1280 g/mol. The standard InChI is InChI=1S/C51H36N4Si.C44H28N4/c1-6-18-37(19-7-1)49-52-50(38-20-8-2-9-21-38)54-51(53-49)39-30-32-40(33-31-39)55-47-29-17-16-28-45(47)46-35-34-44(36-48(46)55)56(41-22-10-3-11-23-41,42-24-12-4-13-25-42)43-26-14-5-15-27-43;1-3-13-29(14-4-1)43-35-19-7-10-20-38(35)45-44(46-43)48-40-22-12-9-18-34(40)37-28-31(24-26-42(37)48)30-23-25-41-36(27-30)33-17-8-11-21-39(33)47(41)32-15-5-2-6-16-32/h1-36H;1-28H. The Balaban J connectivity index is 0.000000145. The van der Waals surface area contributed by atoms with Gasteiger partial charge in [0.05, 0.1) is 44.3 Å². The summed E-state index contributed by atoms with van der Waals surface area (Å²) in [6.45, 7) is 0. The first-order valence-electron chi connectivity index (χ1n) is 35.2. The van der Waals surface area contributed by atoms with Gasteiger partial charge in [0.15, 0.2) is 25.5 Å². The second kappa shape index (κ2) is 26.1. The maximum Gasteiger partial charge on any atom is 0.235 e. The lowest BCUT2D eigenvalue weighted by molar-refractivity contribution is 1.01. The van der Waals surface area contributed by atoms with Crippen LogP contribution in [0, 0.1) is 0 Å². The maximum atomic E-state index is 5.23. The van der Waals surface area contributed by atoms with Crippen molar-refractivity contribution in [2.24, 2.45) is 0 Å². The Morgan fingerprint density at radius 2 is 0.538 bits per heavy atom. The summed E-state index contributed by atoms with van der Waals surface area (Å²) in [5.41, 5.74) is 17.3. The Labute approximate surface area is 602 Å². The van der Waals surface area contributed by atoms with Crippen molar-refractivity contribution in [2.45, 2.75) is 0 Å². The lowest BCUT2D eigenvalue weighted by Gasteiger charge is -2.34. The Kier molecular flexibility index (Phi) is 15.4. The topological polar surface area (TPSA) is 79.2 Å². The van der Waals surface area contributed by atoms with Crippen molar-refractivity contribution in [3.8, 4) is 73.9 Å². The first-order chi connectivity index (χ1) is 51.6. The summed E-state index contributed by atoms with van der Waals surface area (Å²) in [5, 5.41) is 13.7. The zero-order valence-electron chi connectivity index (χ0n) is 56.5. The minimum absolute atomic E-state index is 0.637. The highest BCUT2D eigenvalue weighted by molar-refractivity contribution is 7.20. The highest BCUT2D eigenvalue weighted by atomic mass is 28.3. The fourth-order valence-corrected chi connectivity index (χ4v) is 20.4. The first-order valence-corrected chi connectivity index (χ1v) is 37.2. The van der Waals surface area contributed by atoms with Crippen LogP contribution >= 0.6 is 0 Å². The predicted molar refractivity (Wildman–Crippen MR) is 433 cm³/mol. The largest absolute Gasteiger partial charge is 0.309 e. The molecule has 0 atom stereocenters. The lowest BCUT2D eigenvalue weighted by atomic mass is 10.0. The molecule has 0 unspecified atom stereocenters. The molecule has 0 amide bonds. The molecule has 0 aliphatic carbocycles. The van der Waals surface area contributed by atoms with Crippen LogP contribution in [-0.4, -0.2) is 46.7 Å². The summed E-state index contributed by atoms with van der Waals surface area (Å²) in [6, 6.07) is 138. The fraction of sp³-hybridized carbons (Fsp3) is 0. The predicted octanol–water partition coefficient (Wildman–Crippen LogP) is 20.5. The van der Waals surface area contributed by atoms with Crippen LogP contribution in [0.25, 0.3) is 150 Å². The van der Waals surface area contributed by atoms with E-state index < -0.39 is 8.07 Å². The SMILES string of the molecule is c1ccc(-c2nc(-c3ccccc3)nc(-c3ccc(-n4c5ccccc5c5ccc([Si](c6ccccc6)(c6ccccc6)c6ccccc6)cc54)cc3)n2)cc1.c1ccc(-c2nc(-n3c4ccccc4c4cc(-c5ccc6c(c5)c5ccccc5n6-c5ccccc5)ccc43)nc3ccccc23)cc1. The number of aromatic nitrogens is 8. The summed E-state index contributed by atoms with van der Waals surface area (Å²) in [7, 11) is -2.75. The van der Waals surface area contributed by atoms with Gasteiger partial charge in [-0.1, -0.05) is 297 Å². The third-order valence-corrected chi connectivity index (χ3v) is 25.1. The average Bonchev–Trinajstić information content (AvgIpc) is 0.867. The van der Waals surface area contributed by atoms with Crippen LogP contribution in [0.3, 0.4) is 0 Å². The van der Waals surface area contributed by atoms with Gasteiger partial charge in [0, 0.05) is 71.3 Å². The number of fused-ring (bicyclic) bond motifs is 10. The van der Waals surface area contributed by atoms with Crippen LogP contribution < -0.4 is 20.7 Å². The van der Waals surface area contributed by atoms with Crippen molar-refractivity contribution in [1.82, 2.24) is 38.6 Å². The van der Waals surface area contributed by atoms with Gasteiger partial charge >= 0.3 is 0 Å². The van der Waals surface area contributed by atoms with Crippen molar-refractivity contribution >= 4 is 105 Å². The van der Waals surface area contributed by atoms with Gasteiger partial charge in [-0.3, -0.25) is 4.57 Å². The van der Waals surface area contributed by atoms with Crippen molar-refractivity contribution < 1.29 is 0 Å². The van der Waals surface area contributed by atoms with E-state index in [1.54, 1.807) is 0 Å². The third kappa shape index (κ3) is 10.6. The van der Waals surface area contributed by atoms with E-state index in [0.717, 1.165) is 66.8 Å². The summed E-state index contributed by atoms with van der Waals surface area (Å²) >= 11 is 0. The molecule has 0 saturated heterocycles.